The molecule has 5 rings (SSSR count). The molecule has 0 amide bonds. The Balaban J connectivity index is 1.22. The van der Waals surface area contributed by atoms with Crippen molar-refractivity contribution in [2.45, 2.75) is 6.92 Å². The van der Waals surface area contributed by atoms with Crippen molar-refractivity contribution in [3.8, 4) is 0 Å². The number of nitrogens with zero attached hydrogens (tertiary/aromatic N) is 4. The normalized spacial score (nSPS) is 11.5. The van der Waals surface area contributed by atoms with Gasteiger partial charge in [0.05, 0.1) is 10.9 Å². The van der Waals surface area contributed by atoms with Gasteiger partial charge in [0.15, 0.2) is 5.43 Å². The van der Waals surface area contributed by atoms with Crippen molar-refractivity contribution in [1.82, 2.24) is 19.9 Å². The van der Waals surface area contributed by atoms with Crippen LogP contribution in [0.25, 0.3) is 31.1 Å². The van der Waals surface area contributed by atoms with E-state index in [1.165, 1.54) is 0 Å². The molecule has 0 saturated carbocycles. The van der Waals surface area contributed by atoms with E-state index in [1.807, 2.05) is 55.6 Å². The summed E-state index contributed by atoms with van der Waals surface area (Å²) < 4.78 is 1.99. The molecule has 0 aliphatic rings. The molecule has 9 heteroatoms. The Bertz CT molecular complexity index is 1590. The lowest BCUT2D eigenvalue weighted by molar-refractivity contribution is 0.360. The van der Waals surface area contributed by atoms with Crippen molar-refractivity contribution < 1.29 is 0 Å². The topological polar surface area (TPSA) is 83.0 Å². The quantitative estimate of drug-likeness (QED) is 0.282. The van der Waals surface area contributed by atoms with Crippen LogP contribution in [0.5, 0.6) is 0 Å². The number of hydrogen-bond acceptors (Lipinski definition) is 8. The van der Waals surface area contributed by atoms with Crippen molar-refractivity contribution >= 4 is 65.6 Å². The molecule has 7 nitrogen and oxygen atoms in total. The van der Waals surface area contributed by atoms with Gasteiger partial charge in [-0.3, -0.25) is 4.79 Å². The zero-order chi connectivity index (χ0) is 24.4. The van der Waals surface area contributed by atoms with Crippen LogP contribution in [0.3, 0.4) is 0 Å². The van der Waals surface area contributed by atoms with E-state index in [1.54, 1.807) is 17.7 Å². The molecule has 0 radical (unpaired) electrons. The first kappa shape index (κ1) is 23.4. The van der Waals surface area contributed by atoms with Crippen LogP contribution in [-0.2, 0) is 0 Å². The van der Waals surface area contributed by atoms with Crippen LogP contribution in [-0.4, -0.2) is 53.1 Å². The molecule has 3 heterocycles. The fourth-order valence-corrected chi connectivity index (χ4v) is 5.38. The predicted octanol–water partition coefficient (Wildman–Crippen LogP) is 5.17. The number of anilines is 2. The SMILES string of the molecule is Cc1cnc(NCCN(C)CCNc2ncnc3cc(Cl)ccc23)c2c(=O)c3ccccc3sc12. The number of hydrogen-bond donors (Lipinski definition) is 2. The minimum absolute atomic E-state index is 0.0315. The molecule has 3 aromatic heterocycles. The summed E-state index contributed by atoms with van der Waals surface area (Å²) in [5, 5.41) is 9.80. The summed E-state index contributed by atoms with van der Waals surface area (Å²) in [5.74, 6) is 1.44. The zero-order valence-corrected chi connectivity index (χ0v) is 21.1. The Hall–Kier alpha value is -3.33. The highest BCUT2D eigenvalue weighted by molar-refractivity contribution is 7.24. The largest absolute Gasteiger partial charge is 0.368 e. The highest BCUT2D eigenvalue weighted by atomic mass is 35.5. The summed E-state index contributed by atoms with van der Waals surface area (Å²) in [6.07, 6.45) is 3.38. The highest BCUT2D eigenvalue weighted by Gasteiger charge is 2.13. The van der Waals surface area contributed by atoms with Crippen molar-refractivity contribution in [2.75, 3.05) is 43.9 Å². The molecule has 0 saturated heterocycles. The molecular weight excluding hydrogens is 480 g/mol. The van der Waals surface area contributed by atoms with Gasteiger partial charge in [0.1, 0.15) is 18.0 Å². The molecule has 0 aliphatic carbocycles. The number of fused-ring (bicyclic) bond motifs is 3. The molecule has 2 N–H and O–H groups in total. The minimum atomic E-state index is 0.0315. The lowest BCUT2D eigenvalue weighted by Crippen LogP contribution is -2.30. The fraction of sp³-hybridized carbons (Fsp3) is 0.231. The first-order chi connectivity index (χ1) is 17.0. The number of likely N-dealkylation sites (N-methyl/N-ethyl adjacent to an activating group) is 1. The van der Waals surface area contributed by atoms with Gasteiger partial charge < -0.3 is 15.5 Å². The highest BCUT2D eigenvalue weighted by Crippen LogP contribution is 2.30. The Morgan fingerprint density at radius 1 is 0.971 bits per heavy atom. The Morgan fingerprint density at radius 2 is 1.74 bits per heavy atom. The molecule has 35 heavy (non-hydrogen) atoms. The molecule has 0 bridgehead atoms. The van der Waals surface area contributed by atoms with Crippen molar-refractivity contribution in [2.24, 2.45) is 0 Å². The van der Waals surface area contributed by atoms with Gasteiger partial charge >= 0.3 is 0 Å². The second kappa shape index (κ2) is 10.1. The van der Waals surface area contributed by atoms with Crippen molar-refractivity contribution in [3.05, 3.63) is 75.8 Å². The monoisotopic (exact) mass is 504 g/mol. The van der Waals surface area contributed by atoms with Crippen LogP contribution < -0.4 is 16.1 Å². The van der Waals surface area contributed by atoms with E-state index < -0.39 is 0 Å². The van der Waals surface area contributed by atoms with E-state index in [-0.39, 0.29) is 5.43 Å². The van der Waals surface area contributed by atoms with Gasteiger partial charge in [-0.05, 0) is 49.9 Å². The predicted molar refractivity (Wildman–Crippen MR) is 147 cm³/mol. The molecule has 5 aromatic rings. The van der Waals surface area contributed by atoms with Gasteiger partial charge in [0, 0.05) is 57.6 Å². The Morgan fingerprint density at radius 3 is 2.57 bits per heavy atom. The van der Waals surface area contributed by atoms with Crippen LogP contribution in [0, 0.1) is 6.92 Å². The van der Waals surface area contributed by atoms with Crippen molar-refractivity contribution in [3.63, 3.8) is 0 Å². The number of nitrogens with one attached hydrogen (secondary N) is 2. The Labute approximate surface area is 211 Å². The lowest BCUT2D eigenvalue weighted by atomic mass is 10.1. The number of rotatable bonds is 8. The van der Waals surface area contributed by atoms with Crippen molar-refractivity contribution in [1.29, 1.82) is 0 Å². The molecule has 0 spiro atoms. The van der Waals surface area contributed by atoms with Gasteiger partial charge in [-0.1, -0.05) is 23.7 Å². The van der Waals surface area contributed by atoms with Gasteiger partial charge in [-0.25, -0.2) is 15.0 Å². The summed E-state index contributed by atoms with van der Waals surface area (Å²) in [5.41, 5.74) is 1.86. The van der Waals surface area contributed by atoms with Gasteiger partial charge in [0.2, 0.25) is 0 Å². The maximum Gasteiger partial charge on any atom is 0.199 e. The molecule has 0 fully saturated rings. The number of aromatic nitrogens is 3. The molecule has 0 unspecified atom stereocenters. The van der Waals surface area contributed by atoms with E-state index in [4.69, 9.17) is 11.6 Å². The van der Waals surface area contributed by atoms with E-state index in [2.05, 4.69) is 37.5 Å². The first-order valence-corrected chi connectivity index (χ1v) is 12.6. The number of pyridine rings is 1. The second-order valence-corrected chi connectivity index (χ2v) is 9.95. The second-order valence-electron chi connectivity index (χ2n) is 8.46. The third-order valence-electron chi connectivity index (χ3n) is 5.95. The fourth-order valence-electron chi connectivity index (χ4n) is 4.07. The van der Waals surface area contributed by atoms with Crippen LogP contribution >= 0.6 is 22.9 Å². The molecule has 0 atom stereocenters. The van der Waals surface area contributed by atoms with Gasteiger partial charge in [-0.2, -0.15) is 0 Å². The van der Waals surface area contributed by atoms with Crippen LogP contribution in [0.4, 0.5) is 11.6 Å². The summed E-state index contributed by atoms with van der Waals surface area (Å²) >= 11 is 7.71. The third kappa shape index (κ3) is 4.91. The number of benzene rings is 2. The molecule has 0 aliphatic heterocycles. The number of aryl methyl sites for hydroxylation is 1. The zero-order valence-electron chi connectivity index (χ0n) is 19.5. The van der Waals surface area contributed by atoms with Crippen LogP contribution in [0.1, 0.15) is 5.56 Å². The summed E-state index contributed by atoms with van der Waals surface area (Å²) in [4.78, 5) is 28.7. The van der Waals surface area contributed by atoms with E-state index in [9.17, 15) is 4.79 Å². The standard InChI is InChI=1S/C26H25ClN6OS/c1-16-14-30-26(22-23(34)19-5-3-4-6-21(19)35-24(16)22)29-10-12-33(2)11-9-28-25-18-8-7-17(27)13-20(18)31-15-32-25/h3-8,13-15H,9-12H2,1-2H3,(H,29,30)(H,28,31,32). The van der Waals surface area contributed by atoms with E-state index >= 15 is 0 Å². The van der Waals surface area contributed by atoms with Crippen LogP contribution in [0.2, 0.25) is 5.02 Å². The first-order valence-electron chi connectivity index (χ1n) is 11.4. The molecular formula is C26H25ClN6OS. The van der Waals surface area contributed by atoms with Gasteiger partial charge in [-0.15, -0.1) is 11.3 Å². The van der Waals surface area contributed by atoms with Gasteiger partial charge in [0.25, 0.3) is 0 Å². The average molecular weight is 505 g/mol. The third-order valence-corrected chi connectivity index (χ3v) is 7.49. The maximum absolute atomic E-state index is 13.2. The minimum Gasteiger partial charge on any atom is -0.368 e. The Kier molecular flexibility index (Phi) is 6.77. The molecule has 2 aromatic carbocycles. The average Bonchev–Trinajstić information content (AvgIpc) is 2.85. The summed E-state index contributed by atoms with van der Waals surface area (Å²) in [6.45, 7) is 5.02. The maximum atomic E-state index is 13.2. The van der Waals surface area contributed by atoms with E-state index in [0.717, 1.165) is 56.7 Å². The summed E-state index contributed by atoms with van der Waals surface area (Å²) in [7, 11) is 2.07. The smallest absolute Gasteiger partial charge is 0.199 e. The summed E-state index contributed by atoms with van der Waals surface area (Å²) in [6, 6.07) is 13.4. The molecule has 178 valence electrons. The van der Waals surface area contributed by atoms with E-state index in [0.29, 0.717) is 22.8 Å². The number of halogens is 1. The lowest BCUT2D eigenvalue weighted by Gasteiger charge is -2.18. The van der Waals surface area contributed by atoms with Crippen LogP contribution in [0.15, 0.2) is 59.8 Å².